The van der Waals surface area contributed by atoms with Gasteiger partial charge in [0, 0.05) is 55.2 Å². The van der Waals surface area contributed by atoms with Crippen molar-refractivity contribution in [2.75, 3.05) is 14.1 Å². The molecule has 0 aliphatic heterocycles. The van der Waals surface area contributed by atoms with E-state index in [2.05, 4.69) is 12.1 Å². The smallest absolute Gasteiger partial charge is 0.145 e. The molecule has 0 saturated carbocycles. The first kappa shape index (κ1) is 20.9. The van der Waals surface area contributed by atoms with Crippen LogP contribution in [0.1, 0.15) is 13.0 Å². The third-order valence-electron chi connectivity index (χ3n) is 1.49. The van der Waals surface area contributed by atoms with Crippen LogP contribution in [0.15, 0.2) is 24.3 Å². The molecule has 16 heavy (non-hydrogen) atoms. The summed E-state index contributed by atoms with van der Waals surface area (Å²) >= 11 is 0. The van der Waals surface area contributed by atoms with E-state index in [0.29, 0.717) is 0 Å². The van der Waals surface area contributed by atoms with Gasteiger partial charge in [-0.05, 0) is 0 Å². The number of likely N-dealkylation sites (N-methyl/N-ethyl adjacent to an activating group) is 1. The normalized spacial score (nSPS) is 8.38. The molecule has 0 aromatic heterocycles. The zero-order chi connectivity index (χ0) is 9.68. The Bertz CT molecular complexity index is 312. The van der Waals surface area contributed by atoms with E-state index in [1.165, 1.54) is 4.90 Å². The van der Waals surface area contributed by atoms with E-state index >= 15 is 0 Å². The van der Waals surface area contributed by atoms with Gasteiger partial charge in [-0.3, -0.25) is 4.79 Å². The second-order valence-corrected chi connectivity index (χ2v) is 2.81. The van der Waals surface area contributed by atoms with Gasteiger partial charge < -0.3 is 16.5 Å². The van der Waals surface area contributed by atoms with Gasteiger partial charge in [0.15, 0.2) is 0 Å². The SMILES string of the molecule is C.CN(C)C(=O)[C-]=Cc1[c-]cccc1.[B].[Y]. The van der Waals surface area contributed by atoms with E-state index in [9.17, 15) is 4.79 Å². The molecular formula is C12H15BNOY-2. The van der Waals surface area contributed by atoms with Gasteiger partial charge in [0.05, 0.1) is 0 Å². The van der Waals surface area contributed by atoms with Crippen molar-refractivity contribution in [3.05, 3.63) is 42.0 Å². The average molecular weight is 289 g/mol. The fourth-order valence-corrected chi connectivity index (χ4v) is 0.766. The number of hydrogen-bond donors (Lipinski definition) is 0. The molecule has 2 nitrogen and oxygen atoms in total. The van der Waals surface area contributed by atoms with Gasteiger partial charge in [-0.15, -0.1) is 6.07 Å². The summed E-state index contributed by atoms with van der Waals surface area (Å²) in [7, 11) is 3.38. The number of carbonyl (C=O) groups is 1. The largest absolute Gasteiger partial charge is 0.362 e. The first-order valence-corrected chi connectivity index (χ1v) is 3.98. The van der Waals surface area contributed by atoms with Gasteiger partial charge >= 0.3 is 0 Å². The molecule has 0 N–H and O–H groups in total. The minimum absolute atomic E-state index is 0. The summed E-state index contributed by atoms with van der Waals surface area (Å²) in [6.07, 6.45) is 4.26. The molecule has 0 bridgehead atoms. The maximum absolute atomic E-state index is 11.1. The fourth-order valence-electron chi connectivity index (χ4n) is 0.766. The van der Waals surface area contributed by atoms with Crippen molar-refractivity contribution in [3.63, 3.8) is 0 Å². The van der Waals surface area contributed by atoms with Crippen LogP contribution >= 0.6 is 0 Å². The van der Waals surface area contributed by atoms with Crippen LogP contribution in [0.4, 0.5) is 0 Å². The molecule has 82 valence electrons. The molecule has 1 amide bonds. The molecule has 4 heteroatoms. The number of rotatable bonds is 2. The van der Waals surface area contributed by atoms with Gasteiger partial charge in [0.25, 0.3) is 0 Å². The molecule has 0 saturated heterocycles. The van der Waals surface area contributed by atoms with E-state index in [1.54, 1.807) is 26.2 Å². The monoisotopic (exact) mass is 289 g/mol. The molecule has 0 unspecified atom stereocenters. The molecule has 0 heterocycles. The summed E-state index contributed by atoms with van der Waals surface area (Å²) in [5.41, 5.74) is 0.859. The van der Waals surface area contributed by atoms with Gasteiger partial charge in [-0.25, -0.2) is 18.2 Å². The standard InChI is InChI=1S/C11H11NO.CH4.B.Y/c1-12(2)11(13)9-8-10-6-4-3-5-7-10;;;/h3-6,8H,1-2H3;1H4;;/q-2;;;. The van der Waals surface area contributed by atoms with Gasteiger partial charge in [0.1, 0.15) is 5.91 Å². The van der Waals surface area contributed by atoms with Gasteiger partial charge in [-0.2, -0.15) is 12.1 Å². The number of hydrogen-bond acceptors (Lipinski definition) is 1. The van der Waals surface area contributed by atoms with E-state index < -0.39 is 0 Å². The van der Waals surface area contributed by atoms with Crippen LogP contribution in [0.25, 0.3) is 6.08 Å². The average Bonchev–Trinajstić information content (AvgIpc) is 2.15. The summed E-state index contributed by atoms with van der Waals surface area (Å²) in [4.78, 5) is 12.6. The number of amides is 1. The van der Waals surface area contributed by atoms with Crippen LogP contribution in [0.3, 0.4) is 0 Å². The Morgan fingerprint density at radius 2 is 2.06 bits per heavy atom. The van der Waals surface area contributed by atoms with E-state index in [0.717, 1.165) is 5.56 Å². The van der Waals surface area contributed by atoms with Crippen LogP contribution in [0.2, 0.25) is 0 Å². The second-order valence-electron chi connectivity index (χ2n) is 2.81. The summed E-state index contributed by atoms with van der Waals surface area (Å²) in [5.74, 6) is -0.141. The molecule has 1 aromatic rings. The van der Waals surface area contributed by atoms with Gasteiger partial charge in [0.2, 0.25) is 0 Å². The molecule has 0 fully saturated rings. The van der Waals surface area contributed by atoms with Crippen molar-refractivity contribution in [1.29, 1.82) is 0 Å². The molecular weight excluding hydrogens is 274 g/mol. The predicted octanol–water partition coefficient (Wildman–Crippen LogP) is 1.64. The Balaban J connectivity index is -0.000000563. The Hall–Kier alpha value is -0.401. The number of nitrogens with zero attached hydrogens (tertiary/aromatic N) is 1. The minimum atomic E-state index is -0.141. The summed E-state index contributed by atoms with van der Waals surface area (Å²) in [6.45, 7) is 0. The van der Waals surface area contributed by atoms with Crippen LogP contribution in [0.5, 0.6) is 0 Å². The molecule has 0 aliphatic rings. The molecule has 0 spiro atoms. The first-order chi connectivity index (χ1) is 6.20. The summed E-state index contributed by atoms with van der Waals surface area (Å²) in [5, 5.41) is 0. The molecule has 1 aromatic carbocycles. The molecule has 1 rings (SSSR count). The van der Waals surface area contributed by atoms with Crippen molar-refractivity contribution < 1.29 is 37.5 Å². The maximum atomic E-state index is 11.1. The van der Waals surface area contributed by atoms with Crippen molar-refractivity contribution >= 4 is 20.4 Å². The summed E-state index contributed by atoms with van der Waals surface area (Å²) in [6, 6.07) is 10.4. The molecule has 0 atom stereocenters. The number of benzene rings is 1. The van der Waals surface area contributed by atoms with Gasteiger partial charge in [-0.1, -0.05) is 7.43 Å². The Morgan fingerprint density at radius 3 is 2.50 bits per heavy atom. The van der Waals surface area contributed by atoms with Crippen molar-refractivity contribution in [3.8, 4) is 0 Å². The Morgan fingerprint density at radius 1 is 1.44 bits per heavy atom. The third kappa shape index (κ3) is 7.83. The minimum Gasteiger partial charge on any atom is -0.362 e. The van der Waals surface area contributed by atoms with Crippen LogP contribution in [0, 0.1) is 12.1 Å². The zero-order valence-corrected chi connectivity index (χ0v) is 11.7. The van der Waals surface area contributed by atoms with Crippen LogP contribution in [-0.4, -0.2) is 33.3 Å². The zero-order valence-electron chi connectivity index (χ0n) is 8.90. The first-order valence-electron chi connectivity index (χ1n) is 3.98. The quantitative estimate of drug-likeness (QED) is 0.460. The predicted molar refractivity (Wildman–Crippen MR) is 64.2 cm³/mol. The maximum Gasteiger partial charge on any atom is 0.145 e. The van der Waals surface area contributed by atoms with Crippen molar-refractivity contribution in [1.82, 2.24) is 4.90 Å². The fraction of sp³-hybridized carbons (Fsp3) is 0.250. The van der Waals surface area contributed by atoms with E-state index in [4.69, 9.17) is 0 Å². The number of carbonyl (C=O) groups excluding carboxylic acids is 1. The van der Waals surface area contributed by atoms with Crippen LogP contribution in [-0.2, 0) is 37.5 Å². The van der Waals surface area contributed by atoms with Crippen LogP contribution < -0.4 is 0 Å². The van der Waals surface area contributed by atoms with E-state index in [1.807, 2.05) is 18.2 Å². The molecule has 0 aliphatic carbocycles. The Labute approximate surface area is 126 Å². The Kier molecular flexibility index (Phi) is 14.5. The third-order valence-corrected chi connectivity index (χ3v) is 1.49. The topological polar surface area (TPSA) is 20.3 Å². The van der Waals surface area contributed by atoms with Crippen molar-refractivity contribution in [2.24, 2.45) is 0 Å². The molecule has 4 radical (unpaired) electrons. The van der Waals surface area contributed by atoms with E-state index in [-0.39, 0.29) is 54.5 Å². The second kappa shape index (κ2) is 11.1. The summed E-state index contributed by atoms with van der Waals surface area (Å²) < 4.78 is 0. The van der Waals surface area contributed by atoms with Crippen molar-refractivity contribution in [2.45, 2.75) is 7.43 Å².